The van der Waals surface area contributed by atoms with E-state index in [4.69, 9.17) is 18.9 Å². The molecule has 7 rings (SSSR count). The second kappa shape index (κ2) is 27.6. The Labute approximate surface area is 447 Å². The first-order valence-corrected chi connectivity index (χ1v) is 26.4. The van der Waals surface area contributed by atoms with E-state index in [1.165, 1.54) is 24.3 Å². The molecule has 77 heavy (non-hydrogen) atoms. The summed E-state index contributed by atoms with van der Waals surface area (Å²) in [6.45, 7) is 15.1. The minimum Gasteiger partial charge on any atom is -0.387 e. The van der Waals surface area contributed by atoms with Gasteiger partial charge in [-0.3, -0.25) is 43.7 Å². The van der Waals surface area contributed by atoms with Crippen LogP contribution < -0.4 is 31.9 Å². The van der Waals surface area contributed by atoms with Gasteiger partial charge in [-0.25, -0.2) is 19.7 Å². The molecule has 8 N–H and O–H groups in total. The number of unbranched alkanes of at least 4 members (excludes halogenated alkanes) is 1. The van der Waals surface area contributed by atoms with Gasteiger partial charge in [0.05, 0.1) is 57.1 Å². The summed E-state index contributed by atoms with van der Waals surface area (Å²) < 4.78 is 24.6. The summed E-state index contributed by atoms with van der Waals surface area (Å²) in [5.41, 5.74) is 3.67. The molecule has 418 valence electrons. The highest BCUT2D eigenvalue weighted by molar-refractivity contribution is 6.25. The zero-order valence-corrected chi connectivity index (χ0v) is 44.5. The predicted octanol–water partition coefficient (Wildman–Crippen LogP) is 2.93. The van der Waals surface area contributed by atoms with Gasteiger partial charge in [0.2, 0.25) is 17.7 Å². The maximum atomic E-state index is 13.3. The summed E-state index contributed by atoms with van der Waals surface area (Å²) >= 11 is 0. The lowest BCUT2D eigenvalue weighted by Gasteiger charge is -2.30. The van der Waals surface area contributed by atoms with E-state index in [1.54, 1.807) is 16.7 Å². The third-order valence-corrected chi connectivity index (χ3v) is 13.5. The van der Waals surface area contributed by atoms with E-state index >= 15 is 0 Å². The number of fused-ring (bicyclic) bond motifs is 2. The van der Waals surface area contributed by atoms with Crippen LogP contribution in [-0.2, 0) is 38.7 Å². The first-order chi connectivity index (χ1) is 37.0. The van der Waals surface area contributed by atoms with Crippen LogP contribution in [0.4, 0.5) is 22.0 Å². The first-order valence-electron chi connectivity index (χ1n) is 26.4. The van der Waals surface area contributed by atoms with Crippen molar-refractivity contribution in [2.45, 2.75) is 115 Å². The fourth-order valence-electron chi connectivity index (χ4n) is 9.18. The molecule has 5 heterocycles. The number of aromatic nitrogens is 4. The summed E-state index contributed by atoms with van der Waals surface area (Å²) in [6.07, 6.45) is 1.32. The van der Waals surface area contributed by atoms with E-state index in [0.717, 1.165) is 17.0 Å². The van der Waals surface area contributed by atoms with Crippen molar-refractivity contribution in [3.05, 3.63) is 71.8 Å². The van der Waals surface area contributed by atoms with E-state index in [9.17, 15) is 39.0 Å². The average molecular weight is 1070 g/mol. The van der Waals surface area contributed by atoms with Crippen LogP contribution in [0.2, 0.25) is 0 Å². The number of benzene rings is 2. The van der Waals surface area contributed by atoms with Crippen molar-refractivity contribution >= 4 is 63.9 Å². The highest BCUT2D eigenvalue weighted by atomic mass is 16.6. The van der Waals surface area contributed by atoms with Crippen LogP contribution >= 0.6 is 0 Å². The van der Waals surface area contributed by atoms with Gasteiger partial charge in [-0.2, -0.15) is 0 Å². The number of hydrogen-bond donors (Lipinski definition) is 8. The van der Waals surface area contributed by atoms with E-state index in [-0.39, 0.29) is 60.4 Å². The number of nitrogens with one attached hydrogen (secondary N) is 6. The van der Waals surface area contributed by atoms with Crippen LogP contribution in [-0.4, -0.2) is 184 Å². The molecule has 5 atom stereocenters. The molecule has 0 aliphatic carbocycles. The lowest BCUT2D eigenvalue weighted by Crippen LogP contribution is -2.54. The Bertz CT molecular complexity index is 2660. The Hall–Kier alpha value is -6.67. The molecular weight excluding hydrogens is 997 g/mol. The van der Waals surface area contributed by atoms with Gasteiger partial charge in [-0.05, 0) is 74.8 Å². The zero-order chi connectivity index (χ0) is 55.1. The lowest BCUT2D eigenvalue weighted by atomic mass is 9.87. The number of nitrogens with zero attached hydrogens (tertiary/aromatic N) is 6. The number of carbonyl (C=O) groups is 6. The minimum atomic E-state index is -1.24. The number of amides is 7. The number of urea groups is 1. The number of rotatable bonds is 29. The highest BCUT2D eigenvalue weighted by Gasteiger charge is 2.47. The molecule has 24 heteroatoms. The van der Waals surface area contributed by atoms with Crippen LogP contribution in [0.1, 0.15) is 106 Å². The van der Waals surface area contributed by atoms with Crippen molar-refractivity contribution in [1.29, 1.82) is 0 Å². The van der Waals surface area contributed by atoms with Gasteiger partial charge in [0.15, 0.2) is 23.2 Å². The third-order valence-electron chi connectivity index (χ3n) is 13.5. The smallest absolute Gasteiger partial charge is 0.319 e. The van der Waals surface area contributed by atoms with Crippen LogP contribution in [0.25, 0.3) is 11.2 Å². The Morgan fingerprint density at radius 2 is 1.55 bits per heavy atom. The first kappa shape index (κ1) is 58.0. The molecule has 2 aromatic heterocycles. The predicted molar refractivity (Wildman–Crippen MR) is 284 cm³/mol. The van der Waals surface area contributed by atoms with Crippen LogP contribution in [0.5, 0.6) is 0 Å². The Morgan fingerprint density at radius 3 is 2.27 bits per heavy atom. The van der Waals surface area contributed by atoms with Crippen LogP contribution in [0.15, 0.2) is 55.1 Å². The second-order valence-corrected chi connectivity index (χ2v) is 20.4. The zero-order valence-electron chi connectivity index (χ0n) is 44.5. The molecule has 2 aromatic carbocycles. The largest absolute Gasteiger partial charge is 0.387 e. The van der Waals surface area contributed by atoms with Crippen LogP contribution in [0.3, 0.4) is 0 Å². The SMILES string of the molecule is CC(C)N(CCCNC(=O)Nc1ccc(C(C)(C)C)cc1)C[C@H]1O[C@@H](n2cnc3c(NCCCCNC(=O)CCOCCOCCOCCNc4cccc5c4C(=O)N(C4CCC(=O)NC4=O)C5=O)ncnc32)C(O)C1O. The van der Waals surface area contributed by atoms with Gasteiger partial charge in [-0.15, -0.1) is 0 Å². The summed E-state index contributed by atoms with van der Waals surface area (Å²) in [6, 6.07) is 11.5. The minimum absolute atomic E-state index is 0.0219. The number of imide groups is 2. The van der Waals surface area contributed by atoms with Gasteiger partial charge in [0.25, 0.3) is 11.8 Å². The summed E-state index contributed by atoms with van der Waals surface area (Å²) in [7, 11) is 0. The van der Waals surface area contributed by atoms with E-state index in [1.807, 2.05) is 38.1 Å². The van der Waals surface area contributed by atoms with Crippen molar-refractivity contribution in [1.82, 2.24) is 45.3 Å². The lowest BCUT2D eigenvalue weighted by molar-refractivity contribution is -0.136. The number of imidazole rings is 1. The van der Waals surface area contributed by atoms with Crippen LogP contribution in [0, 0.1) is 0 Å². The number of aliphatic hydroxyl groups excluding tert-OH is 2. The van der Waals surface area contributed by atoms with Gasteiger partial charge < -0.3 is 55.7 Å². The number of aliphatic hydroxyl groups is 2. The van der Waals surface area contributed by atoms with Crippen molar-refractivity contribution in [3.63, 3.8) is 0 Å². The highest BCUT2D eigenvalue weighted by Crippen LogP contribution is 2.34. The molecule has 0 radical (unpaired) electrons. The Morgan fingerprint density at radius 1 is 0.831 bits per heavy atom. The van der Waals surface area contributed by atoms with E-state index < -0.39 is 54.2 Å². The van der Waals surface area contributed by atoms with Crippen molar-refractivity contribution in [2.75, 3.05) is 94.9 Å². The van der Waals surface area contributed by atoms with Crippen molar-refractivity contribution in [2.24, 2.45) is 0 Å². The molecule has 2 fully saturated rings. The number of ether oxygens (including phenoxy) is 4. The molecular formula is C53H74N12O12. The summed E-state index contributed by atoms with van der Waals surface area (Å²) in [4.78, 5) is 91.6. The Balaban J connectivity index is 0.709. The molecule has 2 saturated heterocycles. The molecule has 7 amide bonds. The molecule has 0 saturated carbocycles. The molecule has 3 unspecified atom stereocenters. The molecule has 0 bridgehead atoms. The number of hydrogen-bond acceptors (Lipinski definition) is 18. The summed E-state index contributed by atoms with van der Waals surface area (Å²) in [5.74, 6) is -1.87. The maximum absolute atomic E-state index is 13.3. The Kier molecular flexibility index (Phi) is 20.8. The second-order valence-electron chi connectivity index (χ2n) is 20.4. The average Bonchev–Trinajstić information content (AvgIpc) is 4.08. The van der Waals surface area contributed by atoms with Gasteiger partial charge >= 0.3 is 6.03 Å². The van der Waals surface area contributed by atoms with Gasteiger partial charge in [-0.1, -0.05) is 39.0 Å². The molecule has 0 spiro atoms. The normalized spacial score (nSPS) is 19.5. The van der Waals surface area contributed by atoms with Gasteiger partial charge in [0.1, 0.15) is 30.7 Å². The quantitative estimate of drug-likeness (QED) is 0.0286. The number of piperidine rings is 1. The maximum Gasteiger partial charge on any atom is 0.319 e. The fourth-order valence-corrected chi connectivity index (χ4v) is 9.18. The fraction of sp³-hybridized carbons (Fsp3) is 0.566. The molecule has 3 aliphatic heterocycles. The monoisotopic (exact) mass is 1070 g/mol. The standard InChI is InChI=1S/C53H74N12O12/c1-33(2)63(23-9-21-57-52(73)61-35-14-12-34(13-15-35)53(3,4)5)30-39-44(68)45(69)51(77-39)64-32-60-43-46(58-31-59-47(43)64)56-20-7-6-19-55-40(66)18-24-74-26-28-76-29-27-75-25-22-54-37-11-8-10-36-42(37)50(72)65(49(36)71)38-16-17-41(67)62-48(38)70/h8,10-15,31-33,38-39,44-45,51,54,68-69H,6-7,9,16-30H2,1-5H3,(H,55,66)(H,56,58,59)(H2,57,61,73)(H,62,67,70)/t38?,39-,44?,45?,51-/m1/s1. The molecule has 24 nitrogen and oxygen atoms in total. The molecule has 4 aromatic rings. The number of anilines is 3. The third kappa shape index (κ3) is 15.5. The van der Waals surface area contributed by atoms with Gasteiger partial charge in [0, 0.05) is 69.5 Å². The van der Waals surface area contributed by atoms with E-state index in [2.05, 4.69) is 72.5 Å². The van der Waals surface area contributed by atoms with Crippen molar-refractivity contribution in [3.8, 4) is 0 Å². The number of carbonyl (C=O) groups excluding carboxylic acids is 6. The van der Waals surface area contributed by atoms with Crippen molar-refractivity contribution < 1.29 is 57.9 Å². The topological polar surface area (TPSA) is 302 Å². The van der Waals surface area contributed by atoms with E-state index in [0.29, 0.717) is 108 Å². The summed E-state index contributed by atoms with van der Waals surface area (Å²) in [5, 5.41) is 39.6. The molecule has 3 aliphatic rings.